The molecule has 1 N–H and O–H groups in total. The van der Waals surface area contributed by atoms with Crippen LogP contribution in [0.2, 0.25) is 10.0 Å². The van der Waals surface area contributed by atoms with Gasteiger partial charge in [0.1, 0.15) is 5.75 Å². The third-order valence-corrected chi connectivity index (χ3v) is 6.71. The lowest BCUT2D eigenvalue weighted by molar-refractivity contribution is 0.414. The lowest BCUT2D eigenvalue weighted by atomic mass is 10.2. The van der Waals surface area contributed by atoms with Gasteiger partial charge in [-0.05, 0) is 66.2 Å². The van der Waals surface area contributed by atoms with Crippen LogP contribution >= 0.6 is 23.2 Å². The van der Waals surface area contributed by atoms with Gasteiger partial charge in [0.25, 0.3) is 10.0 Å². The van der Waals surface area contributed by atoms with Crippen LogP contribution in [0, 0.1) is 0 Å². The molecule has 0 aliphatic rings. The summed E-state index contributed by atoms with van der Waals surface area (Å²) in [5.74, 6) is 1.06. The van der Waals surface area contributed by atoms with Gasteiger partial charge in [0.2, 0.25) is 5.95 Å². The Kier molecular flexibility index (Phi) is 6.36. The Bertz CT molecular complexity index is 1320. The highest BCUT2D eigenvalue weighted by atomic mass is 35.5. The highest BCUT2D eigenvalue weighted by Gasteiger charge is 2.24. The fourth-order valence-electron chi connectivity index (χ4n) is 2.93. The first-order chi connectivity index (χ1) is 15.4. The SMILES string of the molecule is COc1ccc(CNc2nc(-c3ccc(Cl)cc3)nn2S(=O)(=O)c2ccc(Cl)cc2)cc1. The molecule has 0 amide bonds. The second-order valence-corrected chi connectivity index (χ2v) is 9.41. The predicted molar refractivity (Wildman–Crippen MR) is 125 cm³/mol. The van der Waals surface area contributed by atoms with E-state index in [2.05, 4.69) is 15.4 Å². The molecule has 164 valence electrons. The third kappa shape index (κ3) is 4.72. The molecule has 0 saturated heterocycles. The summed E-state index contributed by atoms with van der Waals surface area (Å²) < 4.78 is 32.7. The van der Waals surface area contributed by atoms with Crippen LogP contribution in [-0.2, 0) is 16.6 Å². The number of hydrogen-bond acceptors (Lipinski definition) is 6. The number of halogens is 2. The van der Waals surface area contributed by atoms with Crippen molar-refractivity contribution in [2.24, 2.45) is 0 Å². The molecule has 0 bridgehead atoms. The fourth-order valence-corrected chi connectivity index (χ4v) is 4.38. The molecule has 0 unspecified atom stereocenters. The Labute approximate surface area is 195 Å². The van der Waals surface area contributed by atoms with Gasteiger partial charge in [0.15, 0.2) is 5.82 Å². The van der Waals surface area contributed by atoms with Crippen LogP contribution < -0.4 is 10.1 Å². The zero-order valence-corrected chi connectivity index (χ0v) is 19.2. The van der Waals surface area contributed by atoms with E-state index in [-0.39, 0.29) is 16.7 Å². The summed E-state index contributed by atoms with van der Waals surface area (Å²) in [6.45, 7) is 0.332. The molecule has 0 fully saturated rings. The zero-order chi connectivity index (χ0) is 22.7. The zero-order valence-electron chi connectivity index (χ0n) is 16.9. The van der Waals surface area contributed by atoms with Crippen LogP contribution in [-0.4, -0.2) is 29.7 Å². The number of methoxy groups -OCH3 is 1. The van der Waals surface area contributed by atoms with Crippen molar-refractivity contribution in [2.75, 3.05) is 12.4 Å². The Balaban J connectivity index is 1.72. The van der Waals surface area contributed by atoms with Crippen molar-refractivity contribution >= 4 is 39.2 Å². The lowest BCUT2D eigenvalue weighted by Gasteiger charge is -2.09. The minimum atomic E-state index is -4.02. The molecule has 7 nitrogen and oxygen atoms in total. The Hall–Kier alpha value is -3.07. The molecule has 0 radical (unpaired) electrons. The summed E-state index contributed by atoms with van der Waals surface area (Å²) in [5.41, 5.74) is 1.55. The minimum Gasteiger partial charge on any atom is -0.497 e. The molecule has 4 rings (SSSR count). The topological polar surface area (TPSA) is 86.1 Å². The number of rotatable bonds is 7. The first-order valence-corrected chi connectivity index (χ1v) is 11.7. The molecule has 0 aliphatic heterocycles. The Morgan fingerprint density at radius 2 is 1.50 bits per heavy atom. The van der Waals surface area contributed by atoms with E-state index < -0.39 is 10.0 Å². The predicted octanol–water partition coefficient (Wildman–Crippen LogP) is 5.11. The molecule has 0 spiro atoms. The summed E-state index contributed by atoms with van der Waals surface area (Å²) in [7, 11) is -2.43. The van der Waals surface area contributed by atoms with Gasteiger partial charge >= 0.3 is 0 Å². The van der Waals surface area contributed by atoms with Gasteiger partial charge in [-0.15, -0.1) is 9.19 Å². The average molecular weight is 489 g/mol. The number of benzene rings is 3. The average Bonchev–Trinajstić information content (AvgIpc) is 3.24. The summed E-state index contributed by atoms with van der Waals surface area (Å²) in [4.78, 5) is 4.48. The quantitative estimate of drug-likeness (QED) is 0.388. The summed E-state index contributed by atoms with van der Waals surface area (Å²) >= 11 is 11.9. The maximum Gasteiger partial charge on any atom is 0.286 e. The van der Waals surface area contributed by atoms with Gasteiger partial charge in [-0.2, -0.15) is 13.4 Å². The number of nitrogens with zero attached hydrogens (tertiary/aromatic N) is 3. The molecule has 10 heteroatoms. The minimum absolute atomic E-state index is 0.0435. The van der Waals surface area contributed by atoms with Crippen LogP contribution in [0.15, 0.2) is 77.7 Å². The number of anilines is 1. The highest BCUT2D eigenvalue weighted by molar-refractivity contribution is 7.90. The first-order valence-electron chi connectivity index (χ1n) is 9.48. The van der Waals surface area contributed by atoms with Crippen LogP contribution in [0.3, 0.4) is 0 Å². The first kappa shape index (κ1) is 22.1. The lowest BCUT2D eigenvalue weighted by Crippen LogP contribution is -2.18. The van der Waals surface area contributed by atoms with Gasteiger partial charge < -0.3 is 10.1 Å². The molecule has 0 saturated carbocycles. The molecule has 0 atom stereocenters. The summed E-state index contributed by atoms with van der Waals surface area (Å²) in [6.07, 6.45) is 0. The maximum atomic E-state index is 13.3. The number of ether oxygens (including phenoxy) is 1. The molecular weight excluding hydrogens is 471 g/mol. The van der Waals surface area contributed by atoms with E-state index in [1.54, 1.807) is 31.4 Å². The van der Waals surface area contributed by atoms with Gasteiger partial charge in [-0.1, -0.05) is 35.3 Å². The van der Waals surface area contributed by atoms with E-state index >= 15 is 0 Å². The third-order valence-electron chi connectivity index (χ3n) is 4.63. The van der Waals surface area contributed by atoms with Crippen molar-refractivity contribution < 1.29 is 13.2 Å². The maximum absolute atomic E-state index is 13.3. The molecule has 4 aromatic rings. The van der Waals surface area contributed by atoms with Crippen LogP contribution in [0.4, 0.5) is 5.95 Å². The monoisotopic (exact) mass is 488 g/mol. The summed E-state index contributed by atoms with van der Waals surface area (Å²) in [5, 5.41) is 8.34. The molecule has 1 heterocycles. The summed E-state index contributed by atoms with van der Waals surface area (Å²) in [6, 6.07) is 20.1. The van der Waals surface area contributed by atoms with E-state index in [1.165, 1.54) is 24.3 Å². The van der Waals surface area contributed by atoms with Crippen molar-refractivity contribution in [3.8, 4) is 17.1 Å². The van der Waals surface area contributed by atoms with E-state index in [0.717, 1.165) is 15.4 Å². The van der Waals surface area contributed by atoms with Crippen molar-refractivity contribution in [1.29, 1.82) is 0 Å². The normalized spacial score (nSPS) is 11.3. The Morgan fingerprint density at radius 3 is 2.09 bits per heavy atom. The molecule has 0 aliphatic carbocycles. The van der Waals surface area contributed by atoms with Crippen LogP contribution in [0.5, 0.6) is 5.75 Å². The standard InChI is InChI=1S/C22H18Cl2N4O3S/c1-31-19-10-2-15(3-11-19)14-25-22-26-21(16-4-6-17(23)7-5-16)27-28(22)32(29,30)20-12-8-18(24)9-13-20/h2-13H,14H2,1H3,(H,25,26,27). The van der Waals surface area contributed by atoms with Gasteiger partial charge in [0.05, 0.1) is 12.0 Å². The highest BCUT2D eigenvalue weighted by Crippen LogP contribution is 2.25. The Morgan fingerprint density at radius 1 is 0.906 bits per heavy atom. The van der Waals surface area contributed by atoms with Crippen molar-refractivity contribution in [3.05, 3.63) is 88.4 Å². The van der Waals surface area contributed by atoms with Crippen molar-refractivity contribution in [1.82, 2.24) is 14.2 Å². The van der Waals surface area contributed by atoms with Gasteiger partial charge in [0, 0.05) is 22.2 Å². The fraction of sp³-hybridized carbons (Fsp3) is 0.0909. The molecule has 3 aromatic carbocycles. The molecular formula is C22H18Cl2N4O3S. The number of nitrogens with one attached hydrogen (secondary N) is 1. The molecule has 1 aromatic heterocycles. The van der Waals surface area contributed by atoms with Gasteiger partial charge in [-0.25, -0.2) is 0 Å². The second kappa shape index (κ2) is 9.20. The second-order valence-electron chi connectivity index (χ2n) is 6.77. The van der Waals surface area contributed by atoms with Crippen LogP contribution in [0.25, 0.3) is 11.4 Å². The van der Waals surface area contributed by atoms with Crippen molar-refractivity contribution in [3.63, 3.8) is 0 Å². The van der Waals surface area contributed by atoms with E-state index in [9.17, 15) is 8.42 Å². The van der Waals surface area contributed by atoms with Crippen molar-refractivity contribution in [2.45, 2.75) is 11.4 Å². The van der Waals surface area contributed by atoms with Crippen LogP contribution in [0.1, 0.15) is 5.56 Å². The largest absolute Gasteiger partial charge is 0.497 e. The molecule has 32 heavy (non-hydrogen) atoms. The number of hydrogen-bond donors (Lipinski definition) is 1. The van der Waals surface area contributed by atoms with Gasteiger partial charge in [-0.3, -0.25) is 0 Å². The van der Waals surface area contributed by atoms with E-state index in [4.69, 9.17) is 27.9 Å². The number of aromatic nitrogens is 3. The van der Waals surface area contributed by atoms with E-state index in [1.807, 2.05) is 24.3 Å². The van der Waals surface area contributed by atoms with E-state index in [0.29, 0.717) is 22.2 Å². The smallest absolute Gasteiger partial charge is 0.286 e.